The molecule has 0 bridgehead atoms. The Labute approximate surface area is 152 Å². The van der Waals surface area contributed by atoms with Gasteiger partial charge in [0.05, 0.1) is 13.2 Å². The van der Waals surface area contributed by atoms with E-state index < -0.39 is 0 Å². The van der Waals surface area contributed by atoms with E-state index in [0.29, 0.717) is 6.04 Å². The number of nitrogens with zero attached hydrogens (tertiary/aromatic N) is 3. The number of hydrogen-bond donors (Lipinski definition) is 1. The number of nitrogens with one attached hydrogen (secondary N) is 1. The van der Waals surface area contributed by atoms with Crippen LogP contribution in [0.1, 0.15) is 25.0 Å². The summed E-state index contributed by atoms with van der Waals surface area (Å²) in [6, 6.07) is 4.80. The van der Waals surface area contributed by atoms with Gasteiger partial charge in [-0.3, -0.25) is 0 Å². The van der Waals surface area contributed by atoms with Crippen LogP contribution >= 0.6 is 11.3 Å². The van der Waals surface area contributed by atoms with E-state index in [2.05, 4.69) is 44.9 Å². The van der Waals surface area contributed by atoms with E-state index in [4.69, 9.17) is 9.72 Å². The van der Waals surface area contributed by atoms with Crippen LogP contribution in [-0.2, 0) is 4.74 Å². The highest BCUT2D eigenvalue weighted by Gasteiger charge is 2.17. The minimum Gasteiger partial charge on any atom is -0.378 e. The van der Waals surface area contributed by atoms with Crippen LogP contribution in [0.15, 0.2) is 29.7 Å². The molecule has 0 aromatic carbocycles. The average molecular weight is 356 g/mol. The van der Waals surface area contributed by atoms with Gasteiger partial charge in [-0.15, -0.1) is 11.3 Å². The van der Waals surface area contributed by atoms with Crippen molar-refractivity contribution in [2.45, 2.75) is 32.2 Å². The quantitative estimate of drug-likeness (QED) is 0.843. The van der Waals surface area contributed by atoms with Crippen LogP contribution in [0.3, 0.4) is 0 Å². The van der Waals surface area contributed by atoms with Crippen molar-refractivity contribution >= 4 is 22.8 Å². The molecule has 2 aliphatic rings. The zero-order valence-electron chi connectivity index (χ0n) is 14.6. The predicted octanol–water partition coefficient (Wildman–Crippen LogP) is 3.87. The maximum Gasteiger partial charge on any atom is 0.142 e. The Morgan fingerprint density at radius 1 is 1.20 bits per heavy atom. The Morgan fingerprint density at radius 2 is 2.08 bits per heavy atom. The molecule has 1 aliphatic heterocycles. The fraction of sp³-hybridized carbons (Fsp3) is 0.474. The highest BCUT2D eigenvalue weighted by Crippen LogP contribution is 2.30. The lowest BCUT2D eigenvalue weighted by Gasteiger charge is -2.30. The maximum absolute atomic E-state index is 5.50. The van der Waals surface area contributed by atoms with Crippen LogP contribution in [0.25, 0.3) is 10.7 Å². The molecule has 0 saturated carbocycles. The Hall–Kier alpha value is -1.92. The van der Waals surface area contributed by atoms with E-state index in [1.807, 2.05) is 6.92 Å². The van der Waals surface area contributed by atoms with Gasteiger partial charge in [-0.05, 0) is 32.3 Å². The molecule has 1 N–H and O–H groups in total. The topological polar surface area (TPSA) is 50.3 Å². The third-order valence-corrected chi connectivity index (χ3v) is 5.63. The highest BCUT2D eigenvalue weighted by molar-refractivity contribution is 7.13. The molecule has 0 radical (unpaired) electrons. The van der Waals surface area contributed by atoms with E-state index in [-0.39, 0.29) is 0 Å². The summed E-state index contributed by atoms with van der Waals surface area (Å²) in [6.45, 7) is 5.44. The van der Waals surface area contributed by atoms with Crippen LogP contribution < -0.4 is 10.2 Å². The SMILES string of the molecule is Cc1csc(-c2cc(N3CCOCC3)cc(NC3CC=CCC3)n2)n1. The molecule has 1 fully saturated rings. The van der Waals surface area contributed by atoms with Gasteiger partial charge in [-0.25, -0.2) is 9.97 Å². The van der Waals surface area contributed by atoms with Gasteiger partial charge in [-0.2, -0.15) is 0 Å². The zero-order valence-corrected chi connectivity index (χ0v) is 15.4. The van der Waals surface area contributed by atoms with E-state index in [1.54, 1.807) is 11.3 Å². The molecule has 2 aromatic heterocycles. The fourth-order valence-corrected chi connectivity index (χ4v) is 4.07. The summed E-state index contributed by atoms with van der Waals surface area (Å²) in [5, 5.41) is 6.70. The zero-order chi connectivity index (χ0) is 17.1. The second-order valence-corrected chi connectivity index (χ2v) is 7.47. The molecule has 1 saturated heterocycles. The third-order valence-electron chi connectivity index (χ3n) is 4.65. The summed E-state index contributed by atoms with van der Waals surface area (Å²) in [5.74, 6) is 0.951. The number of allylic oxidation sites excluding steroid dienone is 1. The second-order valence-electron chi connectivity index (χ2n) is 6.62. The Kier molecular flexibility index (Phi) is 4.99. The second kappa shape index (κ2) is 7.54. The van der Waals surface area contributed by atoms with E-state index in [0.717, 1.165) is 67.8 Å². The van der Waals surface area contributed by atoms with Crippen LogP contribution in [-0.4, -0.2) is 42.3 Å². The lowest BCUT2D eigenvalue weighted by atomic mass is 10.0. The first-order chi connectivity index (χ1) is 12.3. The van der Waals surface area contributed by atoms with Crippen LogP contribution in [0.4, 0.5) is 11.5 Å². The summed E-state index contributed by atoms with van der Waals surface area (Å²) in [4.78, 5) is 11.9. The molecule has 1 unspecified atom stereocenters. The molecule has 0 amide bonds. The van der Waals surface area contributed by atoms with Crippen molar-refractivity contribution in [1.29, 1.82) is 0 Å². The fourth-order valence-electron chi connectivity index (χ4n) is 3.31. The molecule has 5 nitrogen and oxygen atoms in total. The lowest BCUT2D eigenvalue weighted by molar-refractivity contribution is 0.122. The summed E-state index contributed by atoms with van der Waals surface area (Å²) < 4.78 is 5.50. The number of aromatic nitrogens is 2. The number of rotatable bonds is 4. The summed E-state index contributed by atoms with van der Waals surface area (Å²) in [5.41, 5.74) is 3.21. The number of hydrogen-bond acceptors (Lipinski definition) is 6. The van der Waals surface area contributed by atoms with E-state index in [1.165, 1.54) is 5.69 Å². The molecule has 2 aromatic rings. The molecule has 1 aliphatic carbocycles. The van der Waals surface area contributed by atoms with Gasteiger partial charge >= 0.3 is 0 Å². The standard InChI is InChI=1S/C19H24N4OS/c1-14-13-25-19(20-14)17-11-16(23-7-9-24-10-8-23)12-18(22-17)21-15-5-3-2-4-6-15/h2-3,11-13,15H,4-10H2,1H3,(H,21,22). The van der Waals surface area contributed by atoms with Crippen LogP contribution in [0, 0.1) is 6.92 Å². The third kappa shape index (κ3) is 4.02. The number of morpholine rings is 1. The first-order valence-corrected chi connectivity index (χ1v) is 9.85. The first-order valence-electron chi connectivity index (χ1n) is 8.97. The molecule has 132 valence electrons. The minimum absolute atomic E-state index is 0.461. The van der Waals surface area contributed by atoms with E-state index >= 15 is 0 Å². The maximum atomic E-state index is 5.50. The van der Waals surface area contributed by atoms with Gasteiger partial charge in [0.25, 0.3) is 0 Å². The van der Waals surface area contributed by atoms with Gasteiger partial charge in [0.2, 0.25) is 0 Å². The minimum atomic E-state index is 0.461. The number of pyridine rings is 1. The van der Waals surface area contributed by atoms with Crippen molar-refractivity contribution in [3.63, 3.8) is 0 Å². The summed E-state index contributed by atoms with van der Waals surface area (Å²) >= 11 is 1.66. The molecular weight excluding hydrogens is 332 g/mol. The van der Waals surface area contributed by atoms with Gasteiger partial charge in [0.1, 0.15) is 16.5 Å². The van der Waals surface area contributed by atoms with Crippen molar-refractivity contribution in [2.24, 2.45) is 0 Å². The normalized spacial score (nSPS) is 20.7. The Balaban J connectivity index is 1.65. The first kappa shape index (κ1) is 16.5. The van der Waals surface area contributed by atoms with Crippen molar-refractivity contribution in [2.75, 3.05) is 36.5 Å². The van der Waals surface area contributed by atoms with Gasteiger partial charge < -0.3 is 15.0 Å². The largest absolute Gasteiger partial charge is 0.378 e. The smallest absolute Gasteiger partial charge is 0.142 e. The molecule has 3 heterocycles. The van der Waals surface area contributed by atoms with Crippen LogP contribution in [0.2, 0.25) is 0 Å². The average Bonchev–Trinajstić information content (AvgIpc) is 3.10. The summed E-state index contributed by atoms with van der Waals surface area (Å²) in [6.07, 6.45) is 7.89. The predicted molar refractivity (Wildman–Crippen MR) is 104 cm³/mol. The molecule has 6 heteroatoms. The summed E-state index contributed by atoms with van der Waals surface area (Å²) in [7, 11) is 0. The lowest BCUT2D eigenvalue weighted by Crippen LogP contribution is -2.36. The molecule has 1 atom stereocenters. The highest BCUT2D eigenvalue weighted by atomic mass is 32.1. The number of anilines is 2. The van der Waals surface area contributed by atoms with Crippen molar-refractivity contribution in [3.05, 3.63) is 35.4 Å². The molecule has 25 heavy (non-hydrogen) atoms. The molecular formula is C19H24N4OS. The number of thiazole rings is 1. The molecule has 4 rings (SSSR count). The number of aryl methyl sites for hydroxylation is 1. The Bertz CT molecular complexity index is 752. The van der Waals surface area contributed by atoms with Crippen molar-refractivity contribution < 1.29 is 4.74 Å². The van der Waals surface area contributed by atoms with Crippen molar-refractivity contribution in [3.8, 4) is 10.7 Å². The van der Waals surface area contributed by atoms with Gasteiger partial charge in [-0.1, -0.05) is 12.2 Å². The monoisotopic (exact) mass is 356 g/mol. The van der Waals surface area contributed by atoms with Crippen molar-refractivity contribution in [1.82, 2.24) is 9.97 Å². The Morgan fingerprint density at radius 3 is 2.80 bits per heavy atom. The van der Waals surface area contributed by atoms with E-state index in [9.17, 15) is 0 Å². The van der Waals surface area contributed by atoms with Gasteiger partial charge in [0.15, 0.2) is 0 Å². The van der Waals surface area contributed by atoms with Gasteiger partial charge in [0, 0.05) is 42.0 Å². The van der Waals surface area contributed by atoms with Crippen LogP contribution in [0.5, 0.6) is 0 Å². The molecule has 0 spiro atoms. The number of ether oxygens (including phenoxy) is 1.